The molecule has 2 rings (SSSR count). The molecule has 14 heteroatoms. The van der Waals surface area contributed by atoms with E-state index in [0.29, 0.717) is 12.8 Å². The summed E-state index contributed by atoms with van der Waals surface area (Å²) < 4.78 is 22.8. The number of nitrogens with one attached hydrogen (secondary N) is 1. The van der Waals surface area contributed by atoms with Crippen LogP contribution in [0.3, 0.4) is 0 Å². The quantitative estimate of drug-likeness (QED) is 0.0204. The highest BCUT2D eigenvalue weighted by molar-refractivity contribution is 5.76. The first-order chi connectivity index (χ1) is 40.1. The summed E-state index contributed by atoms with van der Waals surface area (Å²) in [5.74, 6) is -0.210. The van der Waals surface area contributed by atoms with Crippen molar-refractivity contribution in [3.8, 4) is 0 Å². The van der Waals surface area contributed by atoms with Gasteiger partial charge in [0.1, 0.15) is 48.8 Å². The number of unbranched alkanes of at least 4 members (excludes halogenated alkanes) is 25. The molecule has 0 aliphatic carbocycles. The van der Waals surface area contributed by atoms with E-state index in [-0.39, 0.29) is 12.5 Å². The maximum Gasteiger partial charge on any atom is 0.220 e. The molecule has 12 unspecified atom stereocenters. The van der Waals surface area contributed by atoms with Gasteiger partial charge in [0.05, 0.1) is 32.0 Å². The molecular weight excluding hydrogens is 1040 g/mol. The number of hydrogen-bond donors (Lipinski definition) is 9. The number of carbonyl (C=O) groups excluding carboxylic acids is 1. The Labute approximate surface area is 497 Å². The largest absolute Gasteiger partial charge is 0.394 e. The van der Waals surface area contributed by atoms with Crippen LogP contribution in [0.2, 0.25) is 0 Å². The zero-order valence-corrected chi connectivity index (χ0v) is 51.2. The molecule has 0 saturated carbocycles. The van der Waals surface area contributed by atoms with Gasteiger partial charge in [-0.05, 0) is 70.6 Å². The fraction of sp³-hybridized carbons (Fsp3) is 0.779. The number of aliphatic hydroxyl groups is 8. The van der Waals surface area contributed by atoms with Crippen molar-refractivity contribution in [2.75, 3.05) is 19.8 Å². The molecule has 2 fully saturated rings. The fourth-order valence-corrected chi connectivity index (χ4v) is 10.4. The van der Waals surface area contributed by atoms with Crippen molar-refractivity contribution in [1.82, 2.24) is 5.32 Å². The molecule has 14 nitrogen and oxygen atoms in total. The van der Waals surface area contributed by atoms with Crippen LogP contribution in [0.5, 0.6) is 0 Å². The van der Waals surface area contributed by atoms with Gasteiger partial charge in [0.25, 0.3) is 0 Å². The molecule has 2 aliphatic rings. The summed E-state index contributed by atoms with van der Waals surface area (Å²) in [6.07, 6.45) is 54.5. The van der Waals surface area contributed by atoms with Crippen LogP contribution in [0.25, 0.3) is 0 Å². The SMILES string of the molecule is CC/C=C\C/C=C\C/C=C\C/C=C\C/C=C\C/C=C\C/C=C\CCCCCCCCCCCCCCCC(=O)NC(COC1OC(CO)C(OC2OC(CO)C(O)C(O)C2O)C(O)C1O)C(O)CCCCCCCCCCCCCCC. The molecule has 12 atom stereocenters. The van der Waals surface area contributed by atoms with E-state index in [2.05, 4.69) is 104 Å². The van der Waals surface area contributed by atoms with Crippen molar-refractivity contribution in [2.45, 2.75) is 319 Å². The topological polar surface area (TPSA) is 228 Å². The lowest BCUT2D eigenvalue weighted by atomic mass is 9.97. The minimum Gasteiger partial charge on any atom is -0.394 e. The monoisotopic (exact) mass is 1160 g/mol. The Kier molecular flexibility index (Phi) is 48.2. The normalized spacial score (nSPS) is 24.5. The predicted molar refractivity (Wildman–Crippen MR) is 332 cm³/mol. The second-order valence-electron chi connectivity index (χ2n) is 22.9. The van der Waals surface area contributed by atoms with Gasteiger partial charge in [-0.3, -0.25) is 4.79 Å². The van der Waals surface area contributed by atoms with Crippen LogP contribution < -0.4 is 5.32 Å². The van der Waals surface area contributed by atoms with E-state index in [9.17, 15) is 45.6 Å². The first-order valence-electron chi connectivity index (χ1n) is 32.8. The molecule has 82 heavy (non-hydrogen) atoms. The highest BCUT2D eigenvalue weighted by Crippen LogP contribution is 2.30. The Morgan fingerprint density at radius 3 is 1.29 bits per heavy atom. The van der Waals surface area contributed by atoms with Crippen molar-refractivity contribution < 1.29 is 64.6 Å². The lowest BCUT2D eigenvalue weighted by Crippen LogP contribution is -2.65. The minimum absolute atomic E-state index is 0.210. The van der Waals surface area contributed by atoms with Gasteiger partial charge >= 0.3 is 0 Å². The number of amides is 1. The third kappa shape index (κ3) is 36.9. The fourth-order valence-electron chi connectivity index (χ4n) is 10.4. The molecule has 0 aromatic rings. The van der Waals surface area contributed by atoms with Crippen molar-refractivity contribution >= 4 is 5.91 Å². The van der Waals surface area contributed by atoms with Gasteiger partial charge in [-0.2, -0.15) is 0 Å². The number of ether oxygens (including phenoxy) is 4. The van der Waals surface area contributed by atoms with Crippen molar-refractivity contribution in [3.05, 3.63) is 85.1 Å². The highest BCUT2D eigenvalue weighted by atomic mass is 16.7. The van der Waals surface area contributed by atoms with Gasteiger partial charge in [-0.25, -0.2) is 0 Å². The Morgan fingerprint density at radius 2 is 0.841 bits per heavy atom. The lowest BCUT2D eigenvalue weighted by Gasteiger charge is -2.46. The summed E-state index contributed by atoms with van der Waals surface area (Å²) >= 11 is 0. The second kappa shape index (κ2) is 52.5. The van der Waals surface area contributed by atoms with Gasteiger partial charge in [0, 0.05) is 6.42 Å². The Morgan fingerprint density at radius 1 is 0.451 bits per heavy atom. The molecule has 0 aromatic carbocycles. The van der Waals surface area contributed by atoms with Gasteiger partial charge in [-0.15, -0.1) is 0 Å². The highest BCUT2D eigenvalue weighted by Gasteiger charge is 2.51. The summed E-state index contributed by atoms with van der Waals surface area (Å²) in [5, 5.41) is 87.3. The molecule has 0 spiro atoms. The van der Waals surface area contributed by atoms with Crippen molar-refractivity contribution in [3.63, 3.8) is 0 Å². The van der Waals surface area contributed by atoms with E-state index in [1.807, 2.05) is 0 Å². The summed E-state index contributed by atoms with van der Waals surface area (Å²) in [5.41, 5.74) is 0. The molecule has 2 heterocycles. The van der Waals surface area contributed by atoms with Gasteiger partial charge in [0.2, 0.25) is 5.91 Å². The molecule has 0 radical (unpaired) electrons. The van der Waals surface area contributed by atoms with Crippen LogP contribution in [0.1, 0.15) is 245 Å². The van der Waals surface area contributed by atoms with Crippen molar-refractivity contribution in [1.29, 1.82) is 0 Å². The molecule has 474 valence electrons. The van der Waals surface area contributed by atoms with Crippen LogP contribution in [-0.4, -0.2) is 140 Å². The van der Waals surface area contributed by atoms with E-state index in [0.717, 1.165) is 103 Å². The lowest BCUT2D eigenvalue weighted by molar-refractivity contribution is -0.359. The van der Waals surface area contributed by atoms with Crippen LogP contribution >= 0.6 is 0 Å². The molecule has 0 aromatic heterocycles. The number of allylic oxidation sites excluding steroid dienone is 14. The Bertz CT molecular complexity index is 1700. The summed E-state index contributed by atoms with van der Waals surface area (Å²) in [6.45, 7) is 2.74. The zero-order chi connectivity index (χ0) is 59.5. The first-order valence-corrected chi connectivity index (χ1v) is 32.8. The van der Waals surface area contributed by atoms with E-state index in [1.54, 1.807) is 0 Å². The summed E-state index contributed by atoms with van der Waals surface area (Å²) in [6, 6.07) is -0.833. The minimum atomic E-state index is -1.78. The Balaban J connectivity index is 1.62. The number of aliphatic hydroxyl groups excluding tert-OH is 8. The maximum absolute atomic E-state index is 13.3. The molecule has 1 amide bonds. The van der Waals surface area contributed by atoms with Crippen LogP contribution in [0.4, 0.5) is 0 Å². The van der Waals surface area contributed by atoms with Crippen LogP contribution in [0.15, 0.2) is 85.1 Å². The predicted octanol–water partition coefficient (Wildman–Crippen LogP) is 12.4. The third-order valence-corrected chi connectivity index (χ3v) is 15.6. The number of carbonyl (C=O) groups is 1. The van der Waals surface area contributed by atoms with E-state index >= 15 is 0 Å². The summed E-state index contributed by atoms with van der Waals surface area (Å²) in [7, 11) is 0. The van der Waals surface area contributed by atoms with Crippen LogP contribution in [-0.2, 0) is 23.7 Å². The van der Waals surface area contributed by atoms with E-state index < -0.39 is 86.8 Å². The number of rotatable bonds is 52. The van der Waals surface area contributed by atoms with E-state index in [4.69, 9.17) is 18.9 Å². The first kappa shape index (κ1) is 75.3. The smallest absolute Gasteiger partial charge is 0.220 e. The third-order valence-electron chi connectivity index (χ3n) is 15.6. The zero-order valence-electron chi connectivity index (χ0n) is 51.2. The standard InChI is InChI=1S/C68H119NO13/c1-3-5-7-9-11-13-15-17-18-19-20-21-22-23-24-25-26-27-28-29-30-31-32-33-34-35-36-37-38-40-42-44-46-48-50-52-60(73)69-56(57(72)51-49-47-45-43-41-39-16-14-12-10-8-6-4-2)55-79-67-65(78)63(76)66(59(54-71)81-67)82-68-64(77)62(75)61(74)58(53-70)80-68/h5,7,11,13,17-18,20-21,23-24,26-27,29-30,56-59,61-68,70-72,74-78H,3-4,6,8-10,12,14-16,19,22,25,28,31-55H2,1-2H3,(H,69,73)/b7-5-,13-11-,18-17-,21-20-,24-23-,27-26-,30-29-. The average Bonchev–Trinajstić information content (AvgIpc) is 3.56. The number of hydrogen-bond acceptors (Lipinski definition) is 13. The molecular formula is C68H119NO13. The maximum atomic E-state index is 13.3. The van der Waals surface area contributed by atoms with Gasteiger partial charge in [0.15, 0.2) is 12.6 Å². The molecule has 9 N–H and O–H groups in total. The van der Waals surface area contributed by atoms with Crippen molar-refractivity contribution in [2.24, 2.45) is 0 Å². The summed E-state index contributed by atoms with van der Waals surface area (Å²) in [4.78, 5) is 13.3. The van der Waals surface area contributed by atoms with Gasteiger partial charge in [-0.1, -0.05) is 253 Å². The molecule has 2 saturated heterocycles. The van der Waals surface area contributed by atoms with E-state index in [1.165, 1.54) is 116 Å². The van der Waals surface area contributed by atoms with Crippen LogP contribution in [0, 0.1) is 0 Å². The second-order valence-corrected chi connectivity index (χ2v) is 22.9. The molecule has 2 aliphatic heterocycles. The molecule has 0 bridgehead atoms. The Hall–Kier alpha value is -2.83. The van der Waals surface area contributed by atoms with Gasteiger partial charge < -0.3 is 65.1 Å². The average molecular weight is 1160 g/mol.